The lowest BCUT2D eigenvalue weighted by Gasteiger charge is -2.18. The second kappa shape index (κ2) is 12.2. The smallest absolute Gasteiger partial charge is 0.134 e. The van der Waals surface area contributed by atoms with E-state index >= 15 is 0 Å². The van der Waals surface area contributed by atoms with Gasteiger partial charge in [-0.1, -0.05) is 46.1 Å². The van der Waals surface area contributed by atoms with Gasteiger partial charge in [0.25, 0.3) is 0 Å². The Morgan fingerprint density at radius 1 is 0.867 bits per heavy atom. The summed E-state index contributed by atoms with van der Waals surface area (Å²) in [6.45, 7) is 8.38. The van der Waals surface area contributed by atoms with Crippen molar-refractivity contribution in [1.29, 1.82) is 0 Å². The highest BCUT2D eigenvalue weighted by molar-refractivity contribution is 6.36. The number of ether oxygens (including phenoxy) is 2. The minimum atomic E-state index is -0.175. The summed E-state index contributed by atoms with van der Waals surface area (Å²) in [6.07, 6.45) is 6.01. The van der Waals surface area contributed by atoms with Gasteiger partial charge in [-0.2, -0.15) is 0 Å². The summed E-state index contributed by atoms with van der Waals surface area (Å²) in [4.78, 5) is 0. The zero-order valence-corrected chi connectivity index (χ0v) is 12.2. The minimum absolute atomic E-state index is 0.175. The van der Waals surface area contributed by atoms with E-state index in [0.29, 0.717) is 0 Å². The van der Waals surface area contributed by atoms with E-state index in [9.17, 15) is 0 Å². The third kappa shape index (κ3) is 10.4. The van der Waals surface area contributed by atoms with Gasteiger partial charge >= 0.3 is 0 Å². The first-order valence-corrected chi connectivity index (χ1v) is 8.39. The normalized spacial score (nSPS) is 12.0. The van der Waals surface area contributed by atoms with Crippen LogP contribution in [0.3, 0.4) is 0 Å². The lowest BCUT2D eigenvalue weighted by Crippen LogP contribution is -2.25. The molecule has 0 bridgehead atoms. The predicted molar refractivity (Wildman–Crippen MR) is 69.2 cm³/mol. The molecule has 0 radical (unpaired) electrons. The fourth-order valence-electron chi connectivity index (χ4n) is 1.30. The Hall–Kier alpha value is 0.137. The molecular weight excluding hydrogens is 204 g/mol. The van der Waals surface area contributed by atoms with Gasteiger partial charge in [0.2, 0.25) is 0 Å². The molecule has 0 saturated heterocycles. The second-order valence-corrected chi connectivity index (χ2v) is 5.97. The van der Waals surface area contributed by atoms with Crippen LogP contribution in [0.4, 0.5) is 0 Å². The SMILES string of the molecule is CCCCOC(OCCCC)[SiH2]CCC. The summed E-state index contributed by atoms with van der Waals surface area (Å²) in [5, 5.41) is 0. The van der Waals surface area contributed by atoms with Gasteiger partial charge in [0, 0.05) is 13.2 Å². The van der Waals surface area contributed by atoms with Crippen LogP contribution < -0.4 is 0 Å². The second-order valence-electron chi connectivity index (χ2n) is 4.02. The molecule has 15 heavy (non-hydrogen) atoms. The van der Waals surface area contributed by atoms with Gasteiger partial charge in [0.1, 0.15) is 5.91 Å². The van der Waals surface area contributed by atoms with Crippen LogP contribution in [0, 0.1) is 0 Å². The standard InChI is InChI=1S/C12H28O2Si/c1-4-7-9-13-12(15-11-6-3)14-10-8-5-2/h12H,4-11,15H2,1-3H3. The molecule has 0 aliphatic heterocycles. The first-order valence-electron chi connectivity index (χ1n) is 6.58. The summed E-state index contributed by atoms with van der Waals surface area (Å²) in [5.41, 5.74) is 0. The Labute approximate surface area is 97.6 Å². The van der Waals surface area contributed by atoms with Crippen LogP contribution in [-0.2, 0) is 9.47 Å². The van der Waals surface area contributed by atoms with Crippen LogP contribution >= 0.6 is 0 Å². The Kier molecular flexibility index (Phi) is 12.3. The van der Waals surface area contributed by atoms with Gasteiger partial charge in [-0.05, 0) is 12.8 Å². The maximum Gasteiger partial charge on any atom is 0.134 e. The molecule has 0 amide bonds. The number of hydrogen-bond acceptors (Lipinski definition) is 2. The molecule has 0 saturated carbocycles. The molecule has 0 fully saturated rings. The van der Waals surface area contributed by atoms with Crippen LogP contribution in [0.1, 0.15) is 52.9 Å². The molecule has 2 nitrogen and oxygen atoms in total. The highest BCUT2D eigenvalue weighted by atomic mass is 28.2. The van der Waals surface area contributed by atoms with Crippen molar-refractivity contribution in [2.24, 2.45) is 0 Å². The highest BCUT2D eigenvalue weighted by Crippen LogP contribution is 2.02. The fourth-order valence-corrected chi connectivity index (χ4v) is 2.71. The minimum Gasteiger partial charge on any atom is -0.357 e. The Balaban J connectivity index is 3.53. The van der Waals surface area contributed by atoms with E-state index in [0.717, 1.165) is 26.1 Å². The molecule has 0 aromatic heterocycles. The van der Waals surface area contributed by atoms with E-state index < -0.39 is 0 Å². The van der Waals surface area contributed by atoms with Crippen molar-refractivity contribution >= 4 is 9.52 Å². The van der Waals surface area contributed by atoms with E-state index in [-0.39, 0.29) is 15.4 Å². The number of rotatable bonds is 11. The lowest BCUT2D eigenvalue weighted by molar-refractivity contribution is -0.0920. The first kappa shape index (κ1) is 15.1. The summed E-state index contributed by atoms with van der Waals surface area (Å²) >= 11 is 0. The summed E-state index contributed by atoms with van der Waals surface area (Å²) < 4.78 is 11.5. The van der Waals surface area contributed by atoms with Crippen LogP contribution in [-0.4, -0.2) is 28.6 Å². The molecule has 0 unspecified atom stereocenters. The molecule has 0 heterocycles. The predicted octanol–water partition coefficient (Wildman–Crippen LogP) is 2.90. The van der Waals surface area contributed by atoms with E-state index in [1.54, 1.807) is 0 Å². The van der Waals surface area contributed by atoms with Gasteiger partial charge in [-0.25, -0.2) is 0 Å². The molecule has 92 valence electrons. The largest absolute Gasteiger partial charge is 0.357 e. The lowest BCUT2D eigenvalue weighted by atomic mass is 10.4. The van der Waals surface area contributed by atoms with E-state index in [2.05, 4.69) is 20.8 Å². The van der Waals surface area contributed by atoms with E-state index in [1.165, 1.54) is 25.3 Å². The third-order valence-corrected chi connectivity index (χ3v) is 4.45. The third-order valence-electron chi connectivity index (χ3n) is 2.40. The number of hydrogen-bond donors (Lipinski definition) is 0. The van der Waals surface area contributed by atoms with Crippen molar-refractivity contribution in [2.45, 2.75) is 64.8 Å². The zero-order valence-electron chi connectivity index (χ0n) is 10.8. The summed E-state index contributed by atoms with van der Waals surface area (Å²) in [7, 11) is -0.175. The molecule has 0 aromatic carbocycles. The molecule has 3 heteroatoms. The molecule has 0 spiro atoms. The first-order chi connectivity index (χ1) is 7.35. The Morgan fingerprint density at radius 2 is 1.40 bits per heavy atom. The van der Waals surface area contributed by atoms with Crippen molar-refractivity contribution < 1.29 is 9.47 Å². The molecule has 0 aliphatic carbocycles. The van der Waals surface area contributed by atoms with Crippen molar-refractivity contribution in [3.63, 3.8) is 0 Å². The molecule has 0 aromatic rings. The maximum absolute atomic E-state index is 5.77. The average Bonchev–Trinajstić information content (AvgIpc) is 2.25. The van der Waals surface area contributed by atoms with E-state index in [4.69, 9.17) is 9.47 Å². The monoisotopic (exact) mass is 232 g/mol. The van der Waals surface area contributed by atoms with Crippen molar-refractivity contribution in [3.05, 3.63) is 0 Å². The maximum atomic E-state index is 5.77. The topological polar surface area (TPSA) is 18.5 Å². The van der Waals surface area contributed by atoms with Gasteiger partial charge in [-0.15, -0.1) is 0 Å². The Bertz CT molecular complexity index is 110. The molecule has 0 atom stereocenters. The van der Waals surface area contributed by atoms with Crippen LogP contribution in [0.2, 0.25) is 6.04 Å². The summed E-state index contributed by atoms with van der Waals surface area (Å²) in [6, 6.07) is 1.34. The van der Waals surface area contributed by atoms with Gasteiger partial charge in [-0.3, -0.25) is 0 Å². The quantitative estimate of drug-likeness (QED) is 0.310. The van der Waals surface area contributed by atoms with Gasteiger partial charge in [0.05, 0.1) is 9.52 Å². The highest BCUT2D eigenvalue weighted by Gasteiger charge is 2.08. The summed E-state index contributed by atoms with van der Waals surface area (Å²) in [5.74, 6) is 0.183. The van der Waals surface area contributed by atoms with Gasteiger partial charge in [0.15, 0.2) is 0 Å². The van der Waals surface area contributed by atoms with Crippen LogP contribution in [0.15, 0.2) is 0 Å². The van der Waals surface area contributed by atoms with Gasteiger partial charge < -0.3 is 9.47 Å². The van der Waals surface area contributed by atoms with Crippen molar-refractivity contribution in [2.75, 3.05) is 13.2 Å². The van der Waals surface area contributed by atoms with Crippen molar-refractivity contribution in [1.82, 2.24) is 0 Å². The van der Waals surface area contributed by atoms with Crippen LogP contribution in [0.5, 0.6) is 0 Å². The zero-order chi connectivity index (χ0) is 11.4. The van der Waals surface area contributed by atoms with Crippen LogP contribution in [0.25, 0.3) is 0 Å². The molecule has 0 rings (SSSR count). The molecule has 0 aliphatic rings. The average molecular weight is 232 g/mol. The number of unbranched alkanes of at least 4 members (excludes halogenated alkanes) is 2. The molecule has 0 N–H and O–H groups in total. The fraction of sp³-hybridized carbons (Fsp3) is 1.00. The molecular formula is C12H28O2Si. The van der Waals surface area contributed by atoms with Crippen molar-refractivity contribution in [3.8, 4) is 0 Å². The Morgan fingerprint density at radius 3 is 1.80 bits per heavy atom. The van der Waals surface area contributed by atoms with E-state index in [1.807, 2.05) is 0 Å².